The van der Waals surface area contributed by atoms with Crippen LogP contribution in [0, 0.1) is 0 Å². The van der Waals surface area contributed by atoms with Crippen molar-refractivity contribution in [2.24, 2.45) is 4.99 Å². The van der Waals surface area contributed by atoms with Crippen LogP contribution in [0.2, 0.25) is 0 Å². The van der Waals surface area contributed by atoms with Gasteiger partial charge >= 0.3 is 5.97 Å². The molecular weight excluding hydrogens is 178 g/mol. The molecule has 3 heteroatoms. The molecule has 14 heavy (non-hydrogen) atoms. The van der Waals surface area contributed by atoms with Gasteiger partial charge in [-0.2, -0.15) is 0 Å². The van der Waals surface area contributed by atoms with E-state index in [4.69, 9.17) is 5.11 Å². The molecule has 0 fully saturated rings. The molecule has 0 aliphatic rings. The predicted octanol–water partition coefficient (Wildman–Crippen LogP) is 2.21. The van der Waals surface area contributed by atoms with E-state index in [-0.39, 0.29) is 6.04 Å². The van der Waals surface area contributed by atoms with E-state index in [1.54, 1.807) is 30.5 Å². The third kappa shape index (κ3) is 3.01. The highest BCUT2D eigenvalue weighted by atomic mass is 16.4. The van der Waals surface area contributed by atoms with Crippen LogP contribution in [0.1, 0.15) is 29.8 Å². The Kier molecular flexibility index (Phi) is 3.40. The third-order valence-corrected chi connectivity index (χ3v) is 1.68. The SMILES string of the molecule is CC(C)N=Cc1ccc(C(=O)O)cc1. The first kappa shape index (κ1) is 10.4. The van der Waals surface area contributed by atoms with Crippen molar-refractivity contribution in [3.05, 3.63) is 35.4 Å². The standard InChI is InChI=1S/C11H13NO2/c1-8(2)12-7-9-3-5-10(6-4-9)11(13)14/h3-8H,1-2H3,(H,13,14). The fourth-order valence-electron chi connectivity index (χ4n) is 0.947. The van der Waals surface area contributed by atoms with Crippen LogP contribution in [0.15, 0.2) is 29.3 Å². The van der Waals surface area contributed by atoms with Gasteiger partial charge in [0.25, 0.3) is 0 Å². The number of nitrogens with zero attached hydrogens (tertiary/aromatic N) is 1. The van der Waals surface area contributed by atoms with Crippen LogP contribution in [0.5, 0.6) is 0 Å². The first-order chi connectivity index (χ1) is 6.59. The lowest BCUT2D eigenvalue weighted by Gasteiger charge is -1.97. The molecule has 0 heterocycles. The fourth-order valence-corrected chi connectivity index (χ4v) is 0.947. The molecule has 0 saturated heterocycles. The number of carboxylic acid groups (broad SMARTS) is 1. The number of aliphatic imine (C=N–C) groups is 1. The second kappa shape index (κ2) is 4.56. The summed E-state index contributed by atoms with van der Waals surface area (Å²) in [6, 6.07) is 6.90. The zero-order chi connectivity index (χ0) is 10.6. The maximum atomic E-state index is 10.5. The van der Waals surface area contributed by atoms with E-state index in [1.165, 1.54) is 0 Å². The van der Waals surface area contributed by atoms with Gasteiger partial charge in [-0.25, -0.2) is 4.79 Å². The number of benzene rings is 1. The largest absolute Gasteiger partial charge is 0.478 e. The van der Waals surface area contributed by atoms with E-state index in [0.29, 0.717) is 5.56 Å². The Bertz CT molecular complexity index is 339. The van der Waals surface area contributed by atoms with Crippen molar-refractivity contribution in [2.45, 2.75) is 19.9 Å². The van der Waals surface area contributed by atoms with Gasteiger partial charge in [0.15, 0.2) is 0 Å². The smallest absolute Gasteiger partial charge is 0.335 e. The van der Waals surface area contributed by atoms with Gasteiger partial charge in [0.1, 0.15) is 0 Å². The Balaban J connectivity index is 2.78. The molecule has 0 aliphatic heterocycles. The van der Waals surface area contributed by atoms with E-state index in [2.05, 4.69) is 4.99 Å². The Hall–Kier alpha value is -1.64. The van der Waals surface area contributed by atoms with Crippen molar-refractivity contribution in [3.8, 4) is 0 Å². The van der Waals surface area contributed by atoms with Gasteiger partial charge in [0, 0.05) is 12.3 Å². The summed E-state index contributed by atoms with van der Waals surface area (Å²) in [5.41, 5.74) is 1.22. The topological polar surface area (TPSA) is 49.7 Å². The van der Waals surface area contributed by atoms with Crippen LogP contribution in [0.3, 0.4) is 0 Å². The van der Waals surface area contributed by atoms with Gasteiger partial charge in [0.2, 0.25) is 0 Å². The molecule has 0 bridgehead atoms. The van der Waals surface area contributed by atoms with Crippen LogP contribution in [-0.2, 0) is 0 Å². The van der Waals surface area contributed by atoms with Crippen molar-refractivity contribution in [1.82, 2.24) is 0 Å². The van der Waals surface area contributed by atoms with E-state index < -0.39 is 5.97 Å². The summed E-state index contributed by atoms with van der Waals surface area (Å²) in [6.07, 6.45) is 1.75. The van der Waals surface area contributed by atoms with Crippen LogP contribution in [-0.4, -0.2) is 23.3 Å². The van der Waals surface area contributed by atoms with Crippen LogP contribution >= 0.6 is 0 Å². The molecule has 0 unspecified atom stereocenters. The van der Waals surface area contributed by atoms with Gasteiger partial charge in [-0.1, -0.05) is 12.1 Å². The van der Waals surface area contributed by atoms with E-state index in [1.807, 2.05) is 13.8 Å². The van der Waals surface area contributed by atoms with E-state index >= 15 is 0 Å². The summed E-state index contributed by atoms with van der Waals surface area (Å²) >= 11 is 0. The number of hydrogen-bond donors (Lipinski definition) is 1. The van der Waals surface area contributed by atoms with Crippen LogP contribution in [0.4, 0.5) is 0 Å². The number of carbonyl (C=O) groups is 1. The Labute approximate surface area is 83.1 Å². The summed E-state index contributed by atoms with van der Waals surface area (Å²) in [4.78, 5) is 14.7. The minimum Gasteiger partial charge on any atom is -0.478 e. The van der Waals surface area contributed by atoms with Gasteiger partial charge in [-0.05, 0) is 31.5 Å². The first-order valence-electron chi connectivity index (χ1n) is 4.46. The minimum absolute atomic E-state index is 0.258. The second-order valence-corrected chi connectivity index (χ2v) is 3.30. The molecule has 0 spiro atoms. The zero-order valence-electron chi connectivity index (χ0n) is 8.27. The highest BCUT2D eigenvalue weighted by Gasteiger charge is 1.99. The summed E-state index contributed by atoms with van der Waals surface area (Å²) in [6.45, 7) is 3.98. The highest BCUT2D eigenvalue weighted by molar-refractivity contribution is 5.89. The number of aromatic carboxylic acids is 1. The van der Waals surface area contributed by atoms with Gasteiger partial charge < -0.3 is 5.11 Å². The quantitative estimate of drug-likeness (QED) is 0.744. The second-order valence-electron chi connectivity index (χ2n) is 3.30. The average Bonchev–Trinajstić information content (AvgIpc) is 2.15. The maximum Gasteiger partial charge on any atom is 0.335 e. The van der Waals surface area contributed by atoms with Crippen molar-refractivity contribution in [1.29, 1.82) is 0 Å². The predicted molar refractivity (Wildman–Crippen MR) is 56.1 cm³/mol. The maximum absolute atomic E-state index is 10.5. The molecule has 1 aromatic rings. The third-order valence-electron chi connectivity index (χ3n) is 1.68. The van der Waals surface area contributed by atoms with Crippen LogP contribution in [0.25, 0.3) is 0 Å². The molecule has 0 atom stereocenters. The van der Waals surface area contributed by atoms with E-state index in [9.17, 15) is 4.79 Å². The van der Waals surface area contributed by atoms with Crippen molar-refractivity contribution >= 4 is 12.2 Å². The monoisotopic (exact) mass is 191 g/mol. The number of hydrogen-bond acceptors (Lipinski definition) is 2. The summed E-state index contributed by atoms with van der Waals surface area (Å²) in [5.74, 6) is -0.905. The number of carboxylic acids is 1. The van der Waals surface area contributed by atoms with Gasteiger partial charge in [-0.15, -0.1) is 0 Å². The zero-order valence-corrected chi connectivity index (χ0v) is 8.27. The molecule has 1 N–H and O–H groups in total. The summed E-state index contributed by atoms with van der Waals surface area (Å²) in [7, 11) is 0. The number of rotatable bonds is 3. The average molecular weight is 191 g/mol. The summed E-state index contributed by atoms with van der Waals surface area (Å²) in [5, 5.41) is 8.66. The highest BCUT2D eigenvalue weighted by Crippen LogP contribution is 2.02. The molecule has 0 aromatic heterocycles. The lowest BCUT2D eigenvalue weighted by molar-refractivity contribution is 0.0697. The Morgan fingerprint density at radius 1 is 1.36 bits per heavy atom. The van der Waals surface area contributed by atoms with Crippen molar-refractivity contribution < 1.29 is 9.90 Å². The molecule has 74 valence electrons. The van der Waals surface area contributed by atoms with E-state index in [0.717, 1.165) is 5.56 Å². The Morgan fingerprint density at radius 3 is 2.36 bits per heavy atom. The molecule has 0 amide bonds. The Morgan fingerprint density at radius 2 is 1.93 bits per heavy atom. The molecule has 1 aromatic carbocycles. The minimum atomic E-state index is -0.905. The molecular formula is C11H13NO2. The molecule has 0 radical (unpaired) electrons. The molecule has 0 saturated carbocycles. The molecule has 0 aliphatic carbocycles. The van der Waals surface area contributed by atoms with Gasteiger partial charge in [0.05, 0.1) is 5.56 Å². The van der Waals surface area contributed by atoms with Crippen LogP contribution < -0.4 is 0 Å². The molecule has 1 rings (SSSR count). The lowest BCUT2D eigenvalue weighted by Crippen LogP contribution is -1.96. The van der Waals surface area contributed by atoms with Crippen molar-refractivity contribution in [3.63, 3.8) is 0 Å². The lowest BCUT2D eigenvalue weighted by atomic mass is 10.1. The fraction of sp³-hybridized carbons (Fsp3) is 0.273. The first-order valence-corrected chi connectivity index (χ1v) is 4.46. The summed E-state index contributed by atoms with van der Waals surface area (Å²) < 4.78 is 0. The normalized spacial score (nSPS) is 11.1. The van der Waals surface area contributed by atoms with Crippen molar-refractivity contribution in [2.75, 3.05) is 0 Å². The molecule has 3 nitrogen and oxygen atoms in total. The van der Waals surface area contributed by atoms with Gasteiger partial charge in [-0.3, -0.25) is 4.99 Å².